The maximum atomic E-state index is 11.1. The minimum absolute atomic E-state index is 0.0152. The van der Waals surface area contributed by atoms with E-state index in [4.69, 9.17) is 12.2 Å². The van der Waals surface area contributed by atoms with E-state index in [2.05, 4.69) is 34.8 Å². The number of amides is 1. The number of carbonyl (C=O) groups excluding carboxylic acids is 1. The molecule has 0 heterocycles. The van der Waals surface area contributed by atoms with E-state index in [1.54, 1.807) is 0 Å². The zero-order valence-electron chi connectivity index (χ0n) is 11.3. The number of hydrogen-bond acceptors (Lipinski definition) is 3. The molecule has 0 aliphatic heterocycles. The van der Waals surface area contributed by atoms with Crippen LogP contribution in [-0.4, -0.2) is 24.7 Å². The topological polar surface area (TPSA) is 62.4 Å². The third-order valence-electron chi connectivity index (χ3n) is 2.43. The monoisotopic (exact) mass is 281 g/mol. The van der Waals surface area contributed by atoms with E-state index in [1.165, 1.54) is 12.7 Å². The quantitative estimate of drug-likeness (QED) is 0.580. The number of anilines is 1. The van der Waals surface area contributed by atoms with Crippen molar-refractivity contribution in [2.45, 2.75) is 19.8 Å². The maximum Gasteiger partial charge on any atom is 0.264 e. The van der Waals surface area contributed by atoms with Gasteiger partial charge in [0.2, 0.25) is 0 Å². The van der Waals surface area contributed by atoms with Crippen LogP contribution >= 0.6 is 12.2 Å². The molecule has 1 amide bonds. The van der Waals surface area contributed by atoms with E-state index in [1.807, 2.05) is 24.3 Å². The summed E-state index contributed by atoms with van der Waals surface area (Å²) in [6, 6.07) is 7.97. The fourth-order valence-electron chi connectivity index (χ4n) is 1.41. The molecule has 0 bridgehead atoms. The molecule has 0 aromatic heterocycles. The van der Waals surface area contributed by atoms with Crippen LogP contribution in [0.15, 0.2) is 24.3 Å². The molecule has 0 spiro atoms. The van der Waals surface area contributed by atoms with Crippen LogP contribution in [0, 0.1) is 0 Å². The van der Waals surface area contributed by atoms with Crippen molar-refractivity contribution in [3.63, 3.8) is 0 Å². The number of carbonyl (C=O) groups is 1. The molecule has 5 nitrogen and oxygen atoms in total. The molecule has 1 rings (SSSR count). The van der Waals surface area contributed by atoms with Gasteiger partial charge in [-0.15, -0.1) is 0 Å². The van der Waals surface area contributed by atoms with Crippen molar-refractivity contribution in [2.75, 3.05) is 19.0 Å². The largest absolute Gasteiger partial charge is 0.375 e. The third kappa shape index (κ3) is 5.67. The molecule has 19 heavy (non-hydrogen) atoms. The Morgan fingerprint density at radius 3 is 2.42 bits per heavy atom. The van der Waals surface area contributed by atoms with Gasteiger partial charge in [0.15, 0.2) is 5.11 Å². The van der Waals surface area contributed by atoms with Gasteiger partial charge in [-0.2, -0.15) is 0 Å². The fraction of sp³-hybridized carbons (Fsp3) is 0.385. The average Bonchev–Trinajstić information content (AvgIpc) is 2.37. The third-order valence-corrected chi connectivity index (χ3v) is 2.63. The molecule has 0 atom stereocenters. The molecule has 6 heteroatoms. The molecule has 0 radical (unpaired) electrons. The molecular formula is C13H19N3O2S. The van der Waals surface area contributed by atoms with Gasteiger partial charge in [-0.3, -0.25) is 15.6 Å². The summed E-state index contributed by atoms with van der Waals surface area (Å²) in [4.78, 5) is 11.1. The lowest BCUT2D eigenvalue weighted by Gasteiger charge is -2.12. The van der Waals surface area contributed by atoms with Crippen molar-refractivity contribution in [1.82, 2.24) is 10.9 Å². The van der Waals surface area contributed by atoms with E-state index in [0.717, 1.165) is 5.69 Å². The Labute approximate surface area is 118 Å². The molecule has 0 fully saturated rings. The Bertz CT molecular complexity index is 432. The van der Waals surface area contributed by atoms with Gasteiger partial charge in [0, 0.05) is 12.8 Å². The second kappa shape index (κ2) is 7.70. The van der Waals surface area contributed by atoms with Crippen molar-refractivity contribution >= 4 is 28.9 Å². The van der Waals surface area contributed by atoms with Crippen LogP contribution in [0.2, 0.25) is 0 Å². The van der Waals surface area contributed by atoms with Gasteiger partial charge in [0.25, 0.3) is 5.91 Å². The highest BCUT2D eigenvalue weighted by Crippen LogP contribution is 2.16. The molecule has 104 valence electrons. The van der Waals surface area contributed by atoms with Crippen LogP contribution in [0.5, 0.6) is 0 Å². The minimum Gasteiger partial charge on any atom is -0.375 e. The lowest BCUT2D eigenvalue weighted by atomic mass is 10.0. The summed E-state index contributed by atoms with van der Waals surface area (Å²) in [5.41, 5.74) is 7.14. The van der Waals surface area contributed by atoms with Gasteiger partial charge in [-0.25, -0.2) is 0 Å². The zero-order valence-corrected chi connectivity index (χ0v) is 12.1. The van der Waals surface area contributed by atoms with Gasteiger partial charge in [-0.05, 0) is 35.8 Å². The summed E-state index contributed by atoms with van der Waals surface area (Å²) in [7, 11) is 1.45. The van der Waals surface area contributed by atoms with Crippen molar-refractivity contribution in [3.8, 4) is 0 Å². The number of methoxy groups -OCH3 is 1. The second-order valence-electron chi connectivity index (χ2n) is 4.34. The summed E-state index contributed by atoms with van der Waals surface area (Å²) >= 11 is 5.05. The van der Waals surface area contributed by atoms with Gasteiger partial charge in [-0.1, -0.05) is 26.0 Å². The Kier molecular flexibility index (Phi) is 6.24. The summed E-state index contributed by atoms with van der Waals surface area (Å²) in [6.07, 6.45) is 0. The van der Waals surface area contributed by atoms with Gasteiger partial charge >= 0.3 is 0 Å². The lowest BCUT2D eigenvalue weighted by Crippen LogP contribution is -2.45. The number of hydrazine groups is 1. The van der Waals surface area contributed by atoms with E-state index in [-0.39, 0.29) is 12.5 Å². The number of rotatable bonds is 4. The molecule has 3 N–H and O–H groups in total. The van der Waals surface area contributed by atoms with E-state index >= 15 is 0 Å². The van der Waals surface area contributed by atoms with Crippen LogP contribution < -0.4 is 16.2 Å². The first kappa shape index (κ1) is 15.4. The maximum absolute atomic E-state index is 11.1. The lowest BCUT2D eigenvalue weighted by molar-refractivity contribution is -0.125. The van der Waals surface area contributed by atoms with E-state index in [9.17, 15) is 4.79 Å². The van der Waals surface area contributed by atoms with Crippen LogP contribution in [0.3, 0.4) is 0 Å². The predicted octanol–water partition coefficient (Wildman–Crippen LogP) is 1.77. The van der Waals surface area contributed by atoms with Gasteiger partial charge in [0.05, 0.1) is 0 Å². The molecule has 1 aromatic rings. The number of benzene rings is 1. The Morgan fingerprint density at radius 1 is 1.26 bits per heavy atom. The predicted molar refractivity (Wildman–Crippen MR) is 79.9 cm³/mol. The van der Waals surface area contributed by atoms with Crippen LogP contribution in [0.25, 0.3) is 0 Å². The van der Waals surface area contributed by atoms with Gasteiger partial charge < -0.3 is 10.1 Å². The van der Waals surface area contributed by atoms with Crippen LogP contribution in [0.4, 0.5) is 5.69 Å². The normalized spacial score (nSPS) is 10.1. The van der Waals surface area contributed by atoms with Crippen molar-refractivity contribution in [1.29, 1.82) is 0 Å². The molecule has 0 aliphatic carbocycles. The van der Waals surface area contributed by atoms with Crippen LogP contribution in [-0.2, 0) is 9.53 Å². The van der Waals surface area contributed by atoms with Crippen molar-refractivity contribution in [2.24, 2.45) is 0 Å². The standard InChI is InChI=1S/C13H19N3O2S/c1-9(2)10-4-6-11(7-5-10)14-13(19)16-15-12(17)8-18-3/h4-7,9H,8H2,1-3H3,(H,15,17)(H2,14,16,19). The summed E-state index contributed by atoms with van der Waals surface area (Å²) < 4.78 is 4.67. The van der Waals surface area contributed by atoms with E-state index in [0.29, 0.717) is 11.0 Å². The smallest absolute Gasteiger partial charge is 0.264 e. The molecule has 1 aromatic carbocycles. The minimum atomic E-state index is -0.290. The highest BCUT2D eigenvalue weighted by molar-refractivity contribution is 7.80. The first-order valence-electron chi connectivity index (χ1n) is 5.97. The SMILES string of the molecule is COCC(=O)NNC(=S)Nc1ccc(C(C)C)cc1. The number of hydrogen-bond donors (Lipinski definition) is 3. The van der Waals surface area contributed by atoms with Crippen molar-refractivity contribution in [3.05, 3.63) is 29.8 Å². The summed E-state index contributed by atoms with van der Waals surface area (Å²) in [5, 5.41) is 3.29. The Hall–Kier alpha value is -1.66. The first-order valence-corrected chi connectivity index (χ1v) is 6.38. The number of thiocarbonyl (C=S) groups is 1. The molecule has 0 unspecified atom stereocenters. The molecule has 0 aliphatic rings. The molecular weight excluding hydrogens is 262 g/mol. The zero-order chi connectivity index (χ0) is 14.3. The highest BCUT2D eigenvalue weighted by Gasteiger charge is 2.02. The van der Waals surface area contributed by atoms with Crippen molar-refractivity contribution < 1.29 is 9.53 Å². The highest BCUT2D eigenvalue weighted by atomic mass is 32.1. The number of ether oxygens (including phenoxy) is 1. The fourth-order valence-corrected chi connectivity index (χ4v) is 1.58. The first-order chi connectivity index (χ1) is 9.02. The summed E-state index contributed by atoms with van der Waals surface area (Å²) in [5.74, 6) is 0.203. The average molecular weight is 281 g/mol. The Balaban J connectivity index is 2.42. The second-order valence-corrected chi connectivity index (χ2v) is 4.75. The van der Waals surface area contributed by atoms with E-state index < -0.39 is 0 Å². The summed E-state index contributed by atoms with van der Waals surface area (Å²) in [6.45, 7) is 4.26. The molecule has 0 saturated heterocycles. The number of nitrogens with one attached hydrogen (secondary N) is 3. The van der Waals surface area contributed by atoms with Crippen LogP contribution in [0.1, 0.15) is 25.3 Å². The molecule has 0 saturated carbocycles. The van der Waals surface area contributed by atoms with Gasteiger partial charge in [0.1, 0.15) is 6.61 Å². The Morgan fingerprint density at radius 2 is 1.89 bits per heavy atom.